The van der Waals surface area contributed by atoms with E-state index in [4.69, 9.17) is 37.0 Å². The number of carbonyl (C=O) groups is 4. The third kappa shape index (κ3) is 79.1. The highest BCUT2D eigenvalue weighted by molar-refractivity contribution is 7.47. The molecule has 0 bridgehead atoms. The Morgan fingerprint density at radius 1 is 0.271 bits per heavy atom. The molecule has 0 spiro atoms. The lowest BCUT2D eigenvalue weighted by molar-refractivity contribution is -0.161. The molecular weight excluding hydrogens is 1390 g/mol. The highest BCUT2D eigenvalue weighted by Crippen LogP contribution is 2.45. The lowest BCUT2D eigenvalue weighted by Gasteiger charge is -2.21. The molecule has 0 amide bonds. The minimum Gasteiger partial charge on any atom is -0.462 e. The monoisotopic (exact) mass is 1560 g/mol. The van der Waals surface area contributed by atoms with Gasteiger partial charge < -0.3 is 33.8 Å². The van der Waals surface area contributed by atoms with Gasteiger partial charge in [0.25, 0.3) is 0 Å². The van der Waals surface area contributed by atoms with E-state index in [1.807, 2.05) is 0 Å². The molecular formula is C88H172O17P2. The van der Waals surface area contributed by atoms with Crippen LogP contribution >= 0.6 is 15.6 Å². The average molecular weight is 1560 g/mol. The third-order valence-corrected chi connectivity index (χ3v) is 23.3. The van der Waals surface area contributed by atoms with Crippen molar-refractivity contribution in [2.75, 3.05) is 39.6 Å². The summed E-state index contributed by atoms with van der Waals surface area (Å²) in [4.78, 5) is 73.3. The quantitative estimate of drug-likeness (QED) is 0.0222. The van der Waals surface area contributed by atoms with Crippen molar-refractivity contribution in [2.24, 2.45) is 17.8 Å². The van der Waals surface area contributed by atoms with Crippen LogP contribution in [0.2, 0.25) is 0 Å². The summed E-state index contributed by atoms with van der Waals surface area (Å²) >= 11 is 0. The van der Waals surface area contributed by atoms with Crippen LogP contribution in [0.25, 0.3) is 0 Å². The molecule has 0 fully saturated rings. The Hall–Kier alpha value is -1.94. The maximum absolute atomic E-state index is 13.2. The van der Waals surface area contributed by atoms with E-state index in [1.165, 1.54) is 270 Å². The van der Waals surface area contributed by atoms with Crippen LogP contribution in [0.1, 0.15) is 466 Å². The second kappa shape index (κ2) is 78.0. The fourth-order valence-corrected chi connectivity index (χ4v) is 15.2. The van der Waals surface area contributed by atoms with Crippen LogP contribution < -0.4 is 0 Å². The summed E-state index contributed by atoms with van der Waals surface area (Å²) in [6, 6.07) is 0. The van der Waals surface area contributed by atoms with Gasteiger partial charge in [-0.3, -0.25) is 37.3 Å². The Labute approximate surface area is 658 Å². The van der Waals surface area contributed by atoms with Gasteiger partial charge >= 0.3 is 39.5 Å². The molecule has 0 aliphatic rings. The Morgan fingerprint density at radius 3 is 0.710 bits per heavy atom. The van der Waals surface area contributed by atoms with Gasteiger partial charge in [0, 0.05) is 25.7 Å². The molecule has 0 radical (unpaired) electrons. The number of hydrogen-bond acceptors (Lipinski definition) is 15. The van der Waals surface area contributed by atoms with Crippen LogP contribution in [0, 0.1) is 17.8 Å². The van der Waals surface area contributed by atoms with E-state index in [-0.39, 0.29) is 25.7 Å². The normalized spacial score (nSPS) is 14.3. The fraction of sp³-hybridized carbons (Fsp3) is 0.955. The maximum atomic E-state index is 13.2. The van der Waals surface area contributed by atoms with Gasteiger partial charge in [0.2, 0.25) is 0 Å². The Morgan fingerprint density at radius 2 is 0.477 bits per heavy atom. The van der Waals surface area contributed by atoms with Crippen LogP contribution in [-0.4, -0.2) is 96.7 Å². The molecule has 0 aromatic rings. The van der Waals surface area contributed by atoms with Crippen molar-refractivity contribution in [2.45, 2.75) is 484 Å². The summed E-state index contributed by atoms with van der Waals surface area (Å²) in [5.41, 5.74) is 0. The summed E-state index contributed by atoms with van der Waals surface area (Å²) in [5, 5.41) is 10.7. The van der Waals surface area contributed by atoms with Gasteiger partial charge in [0.1, 0.15) is 19.3 Å². The molecule has 3 N–H and O–H groups in total. The highest BCUT2D eigenvalue weighted by atomic mass is 31.2. The molecule has 0 saturated carbocycles. The molecule has 19 heteroatoms. The number of aliphatic hydroxyl groups excluding tert-OH is 1. The van der Waals surface area contributed by atoms with Gasteiger partial charge in [-0.2, -0.15) is 0 Å². The number of unbranched alkanes of at least 4 members (excludes halogenated alkanes) is 52. The van der Waals surface area contributed by atoms with E-state index in [0.29, 0.717) is 25.7 Å². The molecule has 17 nitrogen and oxygen atoms in total. The zero-order chi connectivity index (χ0) is 78.6. The van der Waals surface area contributed by atoms with Gasteiger partial charge in [0.05, 0.1) is 26.4 Å². The van der Waals surface area contributed by atoms with E-state index < -0.39 is 97.5 Å². The molecule has 0 heterocycles. The van der Waals surface area contributed by atoms with Crippen molar-refractivity contribution < 1.29 is 80.2 Å². The predicted octanol–water partition coefficient (Wildman–Crippen LogP) is 26.9. The molecule has 4 unspecified atom stereocenters. The summed E-state index contributed by atoms with van der Waals surface area (Å²) in [7, 11) is -9.93. The van der Waals surface area contributed by atoms with Crippen LogP contribution in [-0.2, 0) is 65.4 Å². The first-order valence-corrected chi connectivity index (χ1v) is 48.4. The summed E-state index contributed by atoms with van der Waals surface area (Å²) in [6.07, 6.45) is 69.5. The molecule has 0 aliphatic carbocycles. The van der Waals surface area contributed by atoms with Crippen LogP contribution in [0.15, 0.2) is 0 Å². The molecule has 0 aromatic carbocycles. The average Bonchev–Trinajstić information content (AvgIpc) is 0.938. The van der Waals surface area contributed by atoms with Gasteiger partial charge in [-0.15, -0.1) is 0 Å². The predicted molar refractivity (Wildman–Crippen MR) is 441 cm³/mol. The van der Waals surface area contributed by atoms with E-state index in [2.05, 4.69) is 48.5 Å². The zero-order valence-corrected chi connectivity index (χ0v) is 72.4. The minimum atomic E-state index is -4.97. The highest BCUT2D eigenvalue weighted by Gasteiger charge is 2.31. The van der Waals surface area contributed by atoms with Crippen LogP contribution in [0.3, 0.4) is 0 Å². The van der Waals surface area contributed by atoms with E-state index in [9.17, 15) is 43.2 Å². The lowest BCUT2D eigenvalue weighted by atomic mass is 9.99. The molecule has 0 aromatic heterocycles. The summed E-state index contributed by atoms with van der Waals surface area (Å²) in [6.45, 7) is 12.0. The van der Waals surface area contributed by atoms with Crippen LogP contribution in [0.4, 0.5) is 0 Å². The van der Waals surface area contributed by atoms with Crippen molar-refractivity contribution in [1.82, 2.24) is 0 Å². The molecule has 7 atom stereocenters. The first-order valence-electron chi connectivity index (χ1n) is 45.4. The largest absolute Gasteiger partial charge is 0.472 e. The van der Waals surface area contributed by atoms with Gasteiger partial charge in [-0.25, -0.2) is 9.13 Å². The van der Waals surface area contributed by atoms with Crippen molar-refractivity contribution in [3.63, 3.8) is 0 Å². The second-order valence-electron chi connectivity index (χ2n) is 32.6. The fourth-order valence-electron chi connectivity index (χ4n) is 13.7. The van der Waals surface area contributed by atoms with Gasteiger partial charge in [-0.05, 0) is 43.4 Å². The van der Waals surface area contributed by atoms with Gasteiger partial charge in [-0.1, -0.05) is 414 Å². The van der Waals surface area contributed by atoms with E-state index in [1.54, 1.807) is 0 Å². The number of aliphatic hydroxyl groups is 1. The van der Waals surface area contributed by atoms with Crippen molar-refractivity contribution in [3.05, 3.63) is 0 Å². The van der Waals surface area contributed by atoms with Crippen molar-refractivity contribution in [3.8, 4) is 0 Å². The number of phosphoric acid groups is 2. The lowest BCUT2D eigenvalue weighted by Crippen LogP contribution is -2.30. The number of esters is 4. The van der Waals surface area contributed by atoms with E-state index in [0.717, 1.165) is 114 Å². The van der Waals surface area contributed by atoms with Crippen LogP contribution in [0.5, 0.6) is 0 Å². The number of hydrogen-bond donors (Lipinski definition) is 3. The molecule has 107 heavy (non-hydrogen) atoms. The second-order valence-corrected chi connectivity index (χ2v) is 35.5. The smallest absolute Gasteiger partial charge is 0.462 e. The summed E-state index contributed by atoms with van der Waals surface area (Å²) in [5.74, 6) is 0.305. The Balaban J connectivity index is 5.23. The van der Waals surface area contributed by atoms with Crippen molar-refractivity contribution >= 4 is 39.5 Å². The number of phosphoric ester groups is 2. The third-order valence-electron chi connectivity index (χ3n) is 21.4. The number of ether oxygens (including phenoxy) is 4. The van der Waals surface area contributed by atoms with Crippen molar-refractivity contribution in [1.29, 1.82) is 0 Å². The van der Waals surface area contributed by atoms with Gasteiger partial charge in [0.15, 0.2) is 12.2 Å². The minimum absolute atomic E-state index is 0.108. The number of rotatable bonds is 86. The molecule has 636 valence electrons. The molecule has 0 rings (SSSR count). The first kappa shape index (κ1) is 105. The standard InChI is InChI=1S/C88H172O17P2/c1-8-11-12-13-14-15-16-17-18-21-27-33-38-43-48-57-65-72-88(93)105-84(76-99-86(91)70-63-56-51-50-54-61-68-81(7)10-3)78-103-107(96,97)101-74-82(89)73-100-106(94,95)102-77-83(75-98-85(90)69-62-55-47-42-37-32-29-24-25-30-35-40-45-52-59-66-79(4)5)104-87(92)71-64-58-49-44-39-34-28-23-20-19-22-26-31-36-41-46-53-60-67-80(6)9-2/h79-84,89H,8-78H2,1-7H3,(H,94,95)(H,96,97)/t80?,81?,82-,83-,84-/m1/s1. The topological polar surface area (TPSA) is 237 Å². The van der Waals surface area contributed by atoms with E-state index >= 15 is 0 Å². The Bertz CT molecular complexity index is 2060. The molecule has 0 saturated heterocycles. The number of carbonyl (C=O) groups excluding carboxylic acids is 4. The zero-order valence-electron chi connectivity index (χ0n) is 70.6. The maximum Gasteiger partial charge on any atom is 0.472 e. The SMILES string of the molecule is CCCCCCCCCCCCCCCCCCCC(=O)O[C@H](COC(=O)CCCCCCCCC(C)CC)COP(=O)(O)OC[C@H](O)COP(=O)(O)OC[C@@H](COC(=O)CCCCCCCCCCCCCCCCCC(C)C)OC(=O)CCCCCCCCCCCCCCCCCCCCC(C)CC. The summed E-state index contributed by atoms with van der Waals surface area (Å²) < 4.78 is 68.9. The Kier molecular flexibility index (Phi) is 76.6. The first-order chi connectivity index (χ1) is 51.8. The molecule has 0 aliphatic heterocycles.